The number of unbranched alkanes of at least 4 members (excludes halogenated alkanes) is 3. The number of hydrogen-bond acceptors (Lipinski definition) is 1. The first kappa shape index (κ1) is 12.9. The van der Waals surface area contributed by atoms with Crippen molar-refractivity contribution in [3.8, 4) is 0 Å². The molecule has 0 rings (SSSR count). The van der Waals surface area contributed by atoms with Gasteiger partial charge in [-0.1, -0.05) is 35.2 Å². The van der Waals surface area contributed by atoms with Crippen molar-refractivity contribution in [1.82, 2.24) is 0 Å². The first-order chi connectivity index (χ1) is 6.16. The van der Waals surface area contributed by atoms with Crippen molar-refractivity contribution in [2.45, 2.75) is 43.4 Å². The third kappa shape index (κ3) is 9.80. The molecule has 13 heavy (non-hydrogen) atoms. The largest absolute Gasteiger partial charge is 0.481 e. The van der Waals surface area contributed by atoms with Crippen LogP contribution in [0.5, 0.6) is 0 Å². The standard InChI is InChI=1S/C9H16BrFO2/c10-8(7-11)5-3-1-2-4-6-9(12)13/h8H,1-7H2,(H,12,13). The molecule has 0 aromatic heterocycles. The van der Waals surface area contributed by atoms with E-state index >= 15 is 0 Å². The molecule has 1 atom stereocenters. The summed E-state index contributed by atoms with van der Waals surface area (Å²) in [6.45, 7) is -0.324. The van der Waals surface area contributed by atoms with E-state index in [0.29, 0.717) is 0 Å². The average Bonchev–Trinajstić information content (AvgIpc) is 2.10. The van der Waals surface area contributed by atoms with Crippen LogP contribution in [0.2, 0.25) is 0 Å². The summed E-state index contributed by atoms with van der Waals surface area (Å²) in [5.74, 6) is -0.734. The normalized spacial score (nSPS) is 12.8. The maximum absolute atomic E-state index is 11.9. The van der Waals surface area contributed by atoms with Gasteiger partial charge in [-0.25, -0.2) is 4.39 Å². The Kier molecular flexibility index (Phi) is 8.40. The summed E-state index contributed by atoms with van der Waals surface area (Å²) in [5, 5.41) is 8.34. The molecule has 0 aromatic carbocycles. The summed E-state index contributed by atoms with van der Waals surface area (Å²) >= 11 is 3.20. The molecule has 0 radical (unpaired) electrons. The molecule has 0 saturated carbocycles. The molecule has 0 aliphatic rings. The molecule has 2 nitrogen and oxygen atoms in total. The summed E-state index contributed by atoms with van der Waals surface area (Å²) in [7, 11) is 0. The molecular formula is C9H16BrFO2. The highest BCUT2D eigenvalue weighted by Gasteiger charge is 2.02. The monoisotopic (exact) mass is 254 g/mol. The third-order valence-corrected chi connectivity index (χ3v) is 2.53. The van der Waals surface area contributed by atoms with Gasteiger partial charge in [0.25, 0.3) is 0 Å². The SMILES string of the molecule is O=C(O)CCCCCCC(Br)CF. The minimum Gasteiger partial charge on any atom is -0.481 e. The van der Waals surface area contributed by atoms with Crippen LogP contribution in [0.15, 0.2) is 0 Å². The smallest absolute Gasteiger partial charge is 0.303 e. The summed E-state index contributed by atoms with van der Waals surface area (Å²) in [5.41, 5.74) is 0. The van der Waals surface area contributed by atoms with Gasteiger partial charge in [0, 0.05) is 11.2 Å². The van der Waals surface area contributed by atoms with Crippen molar-refractivity contribution in [2.75, 3.05) is 6.67 Å². The maximum Gasteiger partial charge on any atom is 0.303 e. The summed E-state index contributed by atoms with van der Waals surface area (Å²) < 4.78 is 11.9. The van der Waals surface area contributed by atoms with Gasteiger partial charge in [-0.05, 0) is 12.8 Å². The lowest BCUT2D eigenvalue weighted by Gasteiger charge is -2.03. The Morgan fingerprint density at radius 3 is 2.46 bits per heavy atom. The Morgan fingerprint density at radius 2 is 1.92 bits per heavy atom. The van der Waals surface area contributed by atoms with Gasteiger partial charge in [-0.3, -0.25) is 4.79 Å². The zero-order chi connectivity index (χ0) is 10.1. The fourth-order valence-electron chi connectivity index (χ4n) is 1.07. The minimum absolute atomic E-state index is 0.0213. The molecular weight excluding hydrogens is 239 g/mol. The third-order valence-electron chi connectivity index (χ3n) is 1.83. The number of carboxylic acids is 1. The van der Waals surface area contributed by atoms with Crippen molar-refractivity contribution in [3.63, 3.8) is 0 Å². The molecule has 0 heterocycles. The number of rotatable bonds is 8. The Bertz CT molecular complexity index is 142. The van der Waals surface area contributed by atoms with Crippen molar-refractivity contribution >= 4 is 21.9 Å². The van der Waals surface area contributed by atoms with Crippen LogP contribution in [0.1, 0.15) is 38.5 Å². The zero-order valence-corrected chi connectivity index (χ0v) is 9.22. The minimum atomic E-state index is -0.734. The van der Waals surface area contributed by atoms with E-state index in [1.54, 1.807) is 0 Å². The predicted molar refractivity (Wildman–Crippen MR) is 54.0 cm³/mol. The summed E-state index contributed by atoms with van der Waals surface area (Å²) in [4.78, 5) is 10.1. The molecule has 0 amide bonds. The van der Waals surface area contributed by atoms with Crippen molar-refractivity contribution in [2.24, 2.45) is 0 Å². The van der Waals surface area contributed by atoms with Crippen molar-refractivity contribution < 1.29 is 14.3 Å². The van der Waals surface area contributed by atoms with Crippen LogP contribution in [0.3, 0.4) is 0 Å². The molecule has 1 N–H and O–H groups in total. The van der Waals surface area contributed by atoms with Gasteiger partial charge in [0.15, 0.2) is 0 Å². The Labute approximate surface area is 86.6 Å². The highest BCUT2D eigenvalue weighted by molar-refractivity contribution is 9.09. The lowest BCUT2D eigenvalue weighted by molar-refractivity contribution is -0.137. The maximum atomic E-state index is 11.9. The van der Waals surface area contributed by atoms with Crippen LogP contribution in [-0.2, 0) is 4.79 Å². The second-order valence-electron chi connectivity index (χ2n) is 3.10. The molecule has 78 valence electrons. The van der Waals surface area contributed by atoms with E-state index < -0.39 is 5.97 Å². The number of aliphatic carboxylic acids is 1. The molecule has 0 spiro atoms. The number of hydrogen-bond donors (Lipinski definition) is 1. The Morgan fingerprint density at radius 1 is 1.31 bits per heavy atom. The van der Waals surface area contributed by atoms with Gasteiger partial charge in [0.2, 0.25) is 0 Å². The van der Waals surface area contributed by atoms with E-state index in [1.807, 2.05) is 0 Å². The van der Waals surface area contributed by atoms with E-state index in [-0.39, 0.29) is 17.9 Å². The van der Waals surface area contributed by atoms with Crippen LogP contribution in [0.4, 0.5) is 4.39 Å². The topological polar surface area (TPSA) is 37.3 Å². The quantitative estimate of drug-likeness (QED) is 0.534. The number of carbonyl (C=O) groups is 1. The van der Waals surface area contributed by atoms with Crippen molar-refractivity contribution in [1.29, 1.82) is 0 Å². The van der Waals surface area contributed by atoms with Gasteiger partial charge in [0.1, 0.15) is 6.67 Å². The molecule has 4 heteroatoms. The van der Waals surface area contributed by atoms with E-state index in [1.165, 1.54) is 0 Å². The number of alkyl halides is 2. The molecule has 0 aliphatic carbocycles. The predicted octanol–water partition coefficient (Wildman–Crippen LogP) is 3.14. The molecule has 1 unspecified atom stereocenters. The van der Waals surface area contributed by atoms with Gasteiger partial charge in [-0.2, -0.15) is 0 Å². The molecule has 0 aromatic rings. The Balaban J connectivity index is 3.04. The van der Waals surface area contributed by atoms with E-state index in [4.69, 9.17) is 5.11 Å². The molecule has 0 fully saturated rings. The lowest BCUT2D eigenvalue weighted by Crippen LogP contribution is -1.99. The highest BCUT2D eigenvalue weighted by atomic mass is 79.9. The number of halogens is 2. The summed E-state index contributed by atoms with van der Waals surface area (Å²) in [6, 6.07) is 0. The van der Waals surface area contributed by atoms with Gasteiger partial charge >= 0.3 is 5.97 Å². The molecule has 0 aliphatic heterocycles. The van der Waals surface area contributed by atoms with Crippen LogP contribution in [-0.4, -0.2) is 22.6 Å². The molecule has 0 saturated heterocycles. The van der Waals surface area contributed by atoms with Crippen molar-refractivity contribution in [3.05, 3.63) is 0 Å². The van der Waals surface area contributed by atoms with E-state index in [9.17, 15) is 9.18 Å². The highest BCUT2D eigenvalue weighted by Crippen LogP contribution is 2.12. The van der Waals surface area contributed by atoms with Gasteiger partial charge in [-0.15, -0.1) is 0 Å². The fraction of sp³-hybridized carbons (Fsp3) is 0.889. The molecule has 0 bridgehead atoms. The number of carboxylic acid groups (broad SMARTS) is 1. The van der Waals surface area contributed by atoms with Gasteiger partial charge in [0.05, 0.1) is 0 Å². The van der Waals surface area contributed by atoms with Crippen LogP contribution in [0.25, 0.3) is 0 Å². The first-order valence-corrected chi connectivity index (χ1v) is 5.50. The van der Waals surface area contributed by atoms with Gasteiger partial charge < -0.3 is 5.11 Å². The fourth-order valence-corrected chi connectivity index (χ4v) is 1.40. The summed E-state index contributed by atoms with van der Waals surface area (Å²) in [6.07, 6.45) is 4.72. The Hall–Kier alpha value is -0.120. The average molecular weight is 255 g/mol. The van der Waals surface area contributed by atoms with E-state index in [0.717, 1.165) is 32.1 Å². The van der Waals surface area contributed by atoms with E-state index in [2.05, 4.69) is 15.9 Å². The van der Waals surface area contributed by atoms with Crippen LogP contribution >= 0.6 is 15.9 Å². The zero-order valence-electron chi connectivity index (χ0n) is 7.64. The first-order valence-electron chi connectivity index (χ1n) is 4.58. The second kappa shape index (κ2) is 8.48. The van der Waals surface area contributed by atoms with Crippen LogP contribution in [0, 0.1) is 0 Å². The lowest BCUT2D eigenvalue weighted by atomic mass is 10.1. The second-order valence-corrected chi connectivity index (χ2v) is 4.39. The van der Waals surface area contributed by atoms with Crippen LogP contribution < -0.4 is 0 Å².